The maximum absolute atomic E-state index is 11.2. The zero-order chi connectivity index (χ0) is 14.7. The third-order valence-corrected chi connectivity index (χ3v) is 4.22. The van der Waals surface area contributed by atoms with Gasteiger partial charge in [-0.25, -0.2) is 9.97 Å². The lowest BCUT2D eigenvalue weighted by atomic mass is 10.0. The SMILES string of the molecule is CCc1cc2c(N[C@@H](CC(C)C)C(=O)[O-])ncnc2s1. The zero-order valence-corrected chi connectivity index (χ0v) is 12.7. The second-order valence-electron chi connectivity index (χ2n) is 5.15. The summed E-state index contributed by atoms with van der Waals surface area (Å²) in [5.41, 5.74) is 0. The van der Waals surface area contributed by atoms with Crippen LogP contribution in [0.15, 0.2) is 12.4 Å². The van der Waals surface area contributed by atoms with Crippen molar-refractivity contribution in [2.24, 2.45) is 5.92 Å². The van der Waals surface area contributed by atoms with Crippen molar-refractivity contribution in [3.63, 3.8) is 0 Å². The van der Waals surface area contributed by atoms with E-state index in [1.165, 1.54) is 11.2 Å². The van der Waals surface area contributed by atoms with Gasteiger partial charge in [-0.2, -0.15) is 0 Å². The molecule has 0 aromatic carbocycles. The van der Waals surface area contributed by atoms with E-state index in [1.807, 2.05) is 19.9 Å². The highest BCUT2D eigenvalue weighted by atomic mass is 32.1. The predicted octanol–water partition coefficient (Wildman–Crippen LogP) is 1.83. The molecule has 2 aromatic heterocycles. The molecule has 0 bridgehead atoms. The molecule has 0 unspecified atom stereocenters. The first-order valence-electron chi connectivity index (χ1n) is 6.72. The molecule has 2 heterocycles. The smallest absolute Gasteiger partial charge is 0.138 e. The zero-order valence-electron chi connectivity index (χ0n) is 11.8. The summed E-state index contributed by atoms with van der Waals surface area (Å²) in [6, 6.07) is 1.28. The summed E-state index contributed by atoms with van der Waals surface area (Å²) in [5.74, 6) is -0.270. The number of thiophene rings is 1. The topological polar surface area (TPSA) is 77.9 Å². The van der Waals surface area contributed by atoms with Crippen LogP contribution in [0.4, 0.5) is 5.82 Å². The van der Waals surface area contributed by atoms with Crippen molar-refractivity contribution in [3.8, 4) is 0 Å². The number of nitrogens with zero attached hydrogens (tertiary/aromatic N) is 2. The van der Waals surface area contributed by atoms with Crippen molar-refractivity contribution in [3.05, 3.63) is 17.3 Å². The van der Waals surface area contributed by atoms with Crippen LogP contribution in [0.5, 0.6) is 0 Å². The first-order valence-corrected chi connectivity index (χ1v) is 7.53. The van der Waals surface area contributed by atoms with Gasteiger partial charge < -0.3 is 15.2 Å². The first-order chi connectivity index (χ1) is 9.51. The second-order valence-corrected chi connectivity index (χ2v) is 6.27. The Balaban J connectivity index is 2.31. The molecule has 0 aliphatic carbocycles. The lowest BCUT2D eigenvalue weighted by molar-refractivity contribution is -0.307. The van der Waals surface area contributed by atoms with Crippen molar-refractivity contribution in [1.82, 2.24) is 9.97 Å². The minimum absolute atomic E-state index is 0.261. The quantitative estimate of drug-likeness (QED) is 0.879. The number of hydrogen-bond donors (Lipinski definition) is 1. The molecule has 0 saturated heterocycles. The van der Waals surface area contributed by atoms with Crippen molar-refractivity contribution in [1.29, 1.82) is 0 Å². The van der Waals surface area contributed by atoms with E-state index < -0.39 is 12.0 Å². The largest absolute Gasteiger partial charge is 0.548 e. The summed E-state index contributed by atoms with van der Waals surface area (Å²) in [4.78, 5) is 21.7. The van der Waals surface area contributed by atoms with E-state index >= 15 is 0 Å². The number of aliphatic carboxylic acids is 1. The van der Waals surface area contributed by atoms with E-state index in [9.17, 15) is 9.90 Å². The molecule has 20 heavy (non-hydrogen) atoms. The van der Waals surface area contributed by atoms with Crippen molar-refractivity contribution < 1.29 is 9.90 Å². The van der Waals surface area contributed by atoms with Crippen molar-refractivity contribution in [2.45, 2.75) is 39.7 Å². The number of rotatable bonds is 6. The van der Waals surface area contributed by atoms with Gasteiger partial charge in [0.25, 0.3) is 0 Å². The van der Waals surface area contributed by atoms with Gasteiger partial charge in [0.2, 0.25) is 0 Å². The van der Waals surface area contributed by atoms with Crippen LogP contribution in [0.1, 0.15) is 32.1 Å². The van der Waals surface area contributed by atoms with Crippen LogP contribution in [-0.4, -0.2) is 22.0 Å². The van der Waals surface area contributed by atoms with Crippen LogP contribution in [0.3, 0.4) is 0 Å². The molecule has 0 amide bonds. The van der Waals surface area contributed by atoms with Crippen LogP contribution in [-0.2, 0) is 11.2 Å². The molecule has 0 fully saturated rings. The number of nitrogens with one attached hydrogen (secondary N) is 1. The number of anilines is 1. The van der Waals surface area contributed by atoms with Crippen LogP contribution >= 0.6 is 11.3 Å². The van der Waals surface area contributed by atoms with Crippen LogP contribution in [0.2, 0.25) is 0 Å². The minimum atomic E-state index is -1.10. The van der Waals surface area contributed by atoms with E-state index in [0.29, 0.717) is 12.2 Å². The molecule has 2 rings (SSSR count). The summed E-state index contributed by atoms with van der Waals surface area (Å²) in [6.07, 6.45) is 2.89. The number of carbonyl (C=O) groups is 1. The van der Waals surface area contributed by atoms with Gasteiger partial charge in [0, 0.05) is 4.88 Å². The molecule has 0 spiro atoms. The third kappa shape index (κ3) is 3.25. The van der Waals surface area contributed by atoms with Gasteiger partial charge in [0.15, 0.2) is 0 Å². The Hall–Kier alpha value is -1.69. The lowest BCUT2D eigenvalue weighted by Gasteiger charge is -2.22. The Bertz CT molecular complexity index is 609. The Morgan fingerprint density at radius 2 is 2.20 bits per heavy atom. The second kappa shape index (κ2) is 6.17. The Kier molecular flexibility index (Phi) is 4.54. The van der Waals surface area contributed by atoms with Gasteiger partial charge in [-0.3, -0.25) is 0 Å². The Morgan fingerprint density at radius 3 is 2.80 bits per heavy atom. The Morgan fingerprint density at radius 1 is 1.45 bits per heavy atom. The fourth-order valence-corrected chi connectivity index (χ4v) is 2.98. The molecule has 0 saturated carbocycles. The number of fused-ring (bicyclic) bond motifs is 1. The fourth-order valence-electron chi connectivity index (χ4n) is 2.05. The van der Waals surface area contributed by atoms with Crippen LogP contribution in [0, 0.1) is 5.92 Å². The number of carboxylic acid groups (broad SMARTS) is 1. The number of hydrogen-bond acceptors (Lipinski definition) is 6. The fraction of sp³-hybridized carbons (Fsp3) is 0.500. The van der Waals surface area contributed by atoms with Gasteiger partial charge >= 0.3 is 0 Å². The van der Waals surface area contributed by atoms with Crippen molar-refractivity contribution >= 4 is 33.3 Å². The summed E-state index contributed by atoms with van der Waals surface area (Å²) in [6.45, 7) is 6.04. The average molecular weight is 292 g/mol. The monoisotopic (exact) mass is 292 g/mol. The molecule has 0 radical (unpaired) electrons. The van der Waals surface area contributed by atoms with Crippen LogP contribution in [0.25, 0.3) is 10.2 Å². The normalized spacial score (nSPS) is 12.8. The molecule has 1 N–H and O–H groups in total. The van der Waals surface area contributed by atoms with Gasteiger partial charge in [0.1, 0.15) is 17.0 Å². The first kappa shape index (κ1) is 14.7. The molecular formula is C14H18N3O2S-. The maximum Gasteiger partial charge on any atom is 0.138 e. The van der Waals surface area contributed by atoms with E-state index in [0.717, 1.165) is 16.6 Å². The highest BCUT2D eigenvalue weighted by Gasteiger charge is 2.15. The summed E-state index contributed by atoms with van der Waals surface area (Å²) < 4.78 is 0. The summed E-state index contributed by atoms with van der Waals surface area (Å²) in [7, 11) is 0. The third-order valence-electron chi connectivity index (χ3n) is 3.03. The highest BCUT2D eigenvalue weighted by molar-refractivity contribution is 7.18. The molecule has 108 valence electrons. The predicted molar refractivity (Wildman–Crippen MR) is 78.7 cm³/mol. The molecular weight excluding hydrogens is 274 g/mol. The standard InChI is InChI=1S/C14H19N3O2S/c1-4-9-6-10-12(15-7-16-13(10)20-9)17-11(14(18)19)5-8(2)3/h6-8,11H,4-5H2,1-3H3,(H,18,19)(H,15,16,17)/p-1/t11-/m0/s1. The number of carboxylic acids is 1. The summed E-state index contributed by atoms with van der Waals surface area (Å²) >= 11 is 1.61. The lowest BCUT2D eigenvalue weighted by Crippen LogP contribution is -2.41. The van der Waals surface area contributed by atoms with E-state index in [1.54, 1.807) is 11.3 Å². The molecule has 0 aliphatic heterocycles. The minimum Gasteiger partial charge on any atom is -0.548 e. The van der Waals surface area contributed by atoms with Gasteiger partial charge in [-0.15, -0.1) is 11.3 Å². The number of aromatic nitrogens is 2. The molecule has 2 aromatic rings. The van der Waals surface area contributed by atoms with E-state index in [2.05, 4.69) is 22.2 Å². The van der Waals surface area contributed by atoms with Gasteiger partial charge in [-0.05, 0) is 24.8 Å². The number of carbonyl (C=O) groups excluding carboxylic acids is 1. The maximum atomic E-state index is 11.2. The van der Waals surface area contributed by atoms with E-state index in [4.69, 9.17) is 0 Å². The van der Waals surface area contributed by atoms with Crippen LogP contribution < -0.4 is 10.4 Å². The average Bonchev–Trinajstić information content (AvgIpc) is 2.81. The molecule has 1 atom stereocenters. The summed E-state index contributed by atoms with van der Waals surface area (Å²) in [5, 5.41) is 15.1. The molecule has 6 heteroatoms. The molecule has 0 aliphatic rings. The van der Waals surface area contributed by atoms with E-state index in [-0.39, 0.29) is 5.92 Å². The molecule has 5 nitrogen and oxygen atoms in total. The van der Waals surface area contributed by atoms with Crippen molar-refractivity contribution in [2.75, 3.05) is 5.32 Å². The van der Waals surface area contributed by atoms with Gasteiger partial charge in [0.05, 0.1) is 17.4 Å². The Labute approximate surface area is 122 Å². The number of aryl methyl sites for hydroxylation is 1. The van der Waals surface area contributed by atoms with Gasteiger partial charge in [-0.1, -0.05) is 20.8 Å². The highest BCUT2D eigenvalue weighted by Crippen LogP contribution is 2.29.